The minimum atomic E-state index is -2.12. The zero-order chi connectivity index (χ0) is 5.21. The predicted molar refractivity (Wildman–Crippen MR) is 28.7 cm³/mol. The van der Waals surface area contributed by atoms with Crippen molar-refractivity contribution in [2.24, 2.45) is 5.84 Å². The van der Waals surface area contributed by atoms with Crippen molar-refractivity contribution in [2.75, 3.05) is 12.5 Å². The van der Waals surface area contributed by atoms with Gasteiger partial charge in [-0.15, -0.1) is 0 Å². The van der Waals surface area contributed by atoms with E-state index >= 15 is 0 Å². The highest BCUT2D eigenvalue weighted by Crippen LogP contribution is 1.75. The maximum Gasteiger partial charge on any atom is 0.00209 e. The highest BCUT2D eigenvalue weighted by molar-refractivity contribution is 7.99. The van der Waals surface area contributed by atoms with Gasteiger partial charge in [-0.2, -0.15) is 4.83 Å². The average Bonchev–Trinajstić information content (AvgIpc) is 1.35. The molecule has 6 heavy (non-hydrogen) atoms. The van der Waals surface area contributed by atoms with Crippen LogP contribution in [0.15, 0.2) is 0 Å². The van der Waals surface area contributed by atoms with Crippen molar-refractivity contribution in [1.29, 1.82) is 0 Å². The van der Waals surface area contributed by atoms with E-state index in [2.05, 4.69) is 4.83 Å². The van der Waals surface area contributed by atoms with Gasteiger partial charge in [-0.25, -0.2) is 0 Å². The Kier molecular flexibility index (Phi) is 1.70. The van der Waals surface area contributed by atoms with E-state index in [0.29, 0.717) is 0 Å². The first kappa shape index (κ1) is 6.07. The fraction of sp³-hybridized carbons (Fsp3) is 1.00. The van der Waals surface area contributed by atoms with E-state index in [-0.39, 0.29) is 0 Å². The molecule has 0 aliphatic carbocycles. The van der Waals surface area contributed by atoms with Crippen molar-refractivity contribution in [3.8, 4) is 0 Å². The summed E-state index contributed by atoms with van der Waals surface area (Å²) in [5.74, 6) is 4.79. The second-order valence-electron chi connectivity index (χ2n) is 1.48. The Morgan fingerprint density at radius 1 is 1.67 bits per heavy atom. The lowest BCUT2D eigenvalue weighted by atomic mass is 11.9. The lowest BCUT2D eigenvalue weighted by molar-refractivity contribution is 0.669. The largest absolute Gasteiger partial charge is 0.271 e. The van der Waals surface area contributed by atoms with E-state index in [1.54, 1.807) is 12.5 Å². The van der Waals surface area contributed by atoms with Crippen molar-refractivity contribution in [1.82, 2.24) is 4.83 Å². The van der Waals surface area contributed by atoms with E-state index in [1.165, 1.54) is 0 Å². The molecule has 0 aromatic rings. The number of hydrogen-bond donors (Lipinski definition) is 3. The first-order chi connectivity index (χ1) is 2.56. The average molecular weight is 110 g/mol. The molecule has 0 radical (unpaired) electrons. The van der Waals surface area contributed by atoms with Crippen molar-refractivity contribution in [2.45, 2.75) is 0 Å². The van der Waals surface area contributed by atoms with Crippen molar-refractivity contribution < 1.29 is 4.21 Å². The molecule has 0 saturated heterocycles. The van der Waals surface area contributed by atoms with Crippen LogP contribution in [0.3, 0.4) is 0 Å². The Morgan fingerprint density at radius 3 is 1.83 bits per heavy atom. The molecule has 0 amide bonds. The summed E-state index contributed by atoms with van der Waals surface area (Å²) < 4.78 is 10.3. The summed E-state index contributed by atoms with van der Waals surface area (Å²) in [7, 11) is -2.12. The molecule has 0 bridgehead atoms. The minimum Gasteiger partial charge on any atom is -0.271 e. The van der Waals surface area contributed by atoms with E-state index in [4.69, 9.17) is 5.84 Å². The van der Waals surface area contributed by atoms with Crippen LogP contribution in [0.25, 0.3) is 0 Å². The smallest absolute Gasteiger partial charge is 0.00209 e. The quantitative estimate of drug-likeness (QED) is 0.222. The Labute approximate surface area is 38.4 Å². The Hall–Kier alpha value is 0.0700. The third kappa shape index (κ3) is 4.07. The van der Waals surface area contributed by atoms with Crippen LogP contribution in [0, 0.1) is 0 Å². The van der Waals surface area contributed by atoms with Crippen LogP contribution < -0.4 is 10.7 Å². The van der Waals surface area contributed by atoms with Gasteiger partial charge >= 0.3 is 0 Å². The monoisotopic (exact) mass is 110 g/mol. The van der Waals surface area contributed by atoms with Gasteiger partial charge in [0.25, 0.3) is 0 Å². The summed E-state index contributed by atoms with van der Waals surface area (Å²) in [6, 6.07) is 0. The summed E-state index contributed by atoms with van der Waals surface area (Å²) in [5.41, 5.74) is 0. The molecule has 0 rings (SSSR count). The maximum absolute atomic E-state index is 10.3. The summed E-state index contributed by atoms with van der Waals surface area (Å²) >= 11 is 0. The van der Waals surface area contributed by atoms with Crippen molar-refractivity contribution in [3.63, 3.8) is 0 Å². The van der Waals surface area contributed by atoms with Crippen LogP contribution in [0.4, 0.5) is 0 Å². The van der Waals surface area contributed by atoms with Gasteiger partial charge in [0.15, 0.2) is 0 Å². The van der Waals surface area contributed by atoms with E-state index in [1.807, 2.05) is 0 Å². The number of rotatable bonds is 1. The summed E-state index contributed by atoms with van der Waals surface area (Å²) in [6.07, 6.45) is 3.12. The normalized spacial score (nSPS) is 14.5. The van der Waals surface area contributed by atoms with Gasteiger partial charge in [0.1, 0.15) is 0 Å². The molecule has 3 nitrogen and oxygen atoms in total. The van der Waals surface area contributed by atoms with Crippen LogP contribution in [0.5, 0.6) is 0 Å². The molecule has 0 aromatic carbocycles. The molecule has 3 N–H and O–H groups in total. The SMILES string of the molecule is C[SH](C)(=O)NN. The van der Waals surface area contributed by atoms with Crippen molar-refractivity contribution in [3.05, 3.63) is 0 Å². The van der Waals surface area contributed by atoms with Gasteiger partial charge in [-0.05, 0) is 0 Å². The summed E-state index contributed by atoms with van der Waals surface area (Å²) in [6.45, 7) is 0. The van der Waals surface area contributed by atoms with Crippen LogP contribution in [0.2, 0.25) is 0 Å². The molecule has 0 unspecified atom stereocenters. The highest BCUT2D eigenvalue weighted by Gasteiger charge is 1.87. The molecule has 0 aliphatic rings. The Morgan fingerprint density at radius 2 is 1.83 bits per heavy atom. The minimum absolute atomic E-state index is 1.56. The molecule has 0 atom stereocenters. The maximum atomic E-state index is 10.3. The molecule has 0 saturated carbocycles. The molecule has 0 heterocycles. The lowest BCUT2D eigenvalue weighted by Crippen LogP contribution is -2.34. The molecule has 40 valence electrons. The molecule has 0 spiro atoms. The number of nitrogens with one attached hydrogen (secondary N) is 1. The van der Waals surface area contributed by atoms with Crippen LogP contribution in [-0.2, 0) is 10.1 Å². The molecular weight excluding hydrogens is 100 g/mol. The first-order valence-corrected chi connectivity index (χ1v) is 4.19. The van der Waals surface area contributed by atoms with E-state index in [0.717, 1.165) is 0 Å². The van der Waals surface area contributed by atoms with Gasteiger partial charge in [-0.3, -0.25) is 10.1 Å². The highest BCUT2D eigenvalue weighted by atomic mass is 32.3. The van der Waals surface area contributed by atoms with Gasteiger partial charge in [-0.1, -0.05) is 10.1 Å². The van der Waals surface area contributed by atoms with Gasteiger partial charge in [0.05, 0.1) is 0 Å². The van der Waals surface area contributed by atoms with E-state index < -0.39 is 10.1 Å². The fourth-order valence-corrected chi connectivity index (χ4v) is 0. The molecule has 0 aromatic heterocycles. The Bertz CT molecular complexity index is 75.6. The molecular formula is C2H10N2OS. The topological polar surface area (TPSA) is 55.1 Å². The Balaban J connectivity index is 3.48. The molecule has 4 heteroatoms. The predicted octanol–water partition coefficient (Wildman–Crippen LogP) is -1.36. The zero-order valence-electron chi connectivity index (χ0n) is 3.93. The van der Waals surface area contributed by atoms with Gasteiger partial charge in [0, 0.05) is 12.5 Å². The zero-order valence-corrected chi connectivity index (χ0v) is 4.83. The lowest BCUT2D eigenvalue weighted by Gasteiger charge is -2.06. The van der Waals surface area contributed by atoms with Crippen LogP contribution in [0.1, 0.15) is 0 Å². The molecule has 0 aliphatic heterocycles. The van der Waals surface area contributed by atoms with Gasteiger partial charge < -0.3 is 0 Å². The second kappa shape index (κ2) is 1.68. The van der Waals surface area contributed by atoms with Crippen LogP contribution in [-0.4, -0.2) is 16.7 Å². The van der Waals surface area contributed by atoms with E-state index in [9.17, 15) is 4.21 Å². The van der Waals surface area contributed by atoms with Crippen LogP contribution >= 0.6 is 0 Å². The second-order valence-corrected chi connectivity index (χ2v) is 4.44. The summed E-state index contributed by atoms with van der Waals surface area (Å²) in [5, 5.41) is 0. The number of hydrogen-bond acceptors (Lipinski definition) is 2. The number of hydrazine groups is 1. The van der Waals surface area contributed by atoms with Crippen molar-refractivity contribution >= 4 is 10.1 Å². The summed E-state index contributed by atoms with van der Waals surface area (Å²) in [4.78, 5) is 2.16. The third-order valence-corrected chi connectivity index (χ3v) is 0.933. The standard InChI is InChI=1S/C2H10N2OS/c1-6(2,5)4-3/h6H,3H2,1-2H3,(H,4,5). The fourth-order valence-electron chi connectivity index (χ4n) is 0. The first-order valence-electron chi connectivity index (χ1n) is 1.59. The van der Waals surface area contributed by atoms with Gasteiger partial charge in [0.2, 0.25) is 0 Å². The number of thiol groups is 1. The molecule has 0 fully saturated rings. The third-order valence-electron chi connectivity index (χ3n) is 0.311. The number of nitrogens with two attached hydrogens (primary N) is 1.